The minimum Gasteiger partial charge on any atom is -0.481 e. The Balaban J connectivity index is 2.68. The molecular formula is C13H22N2O5. The van der Waals surface area contributed by atoms with Crippen LogP contribution in [0.2, 0.25) is 0 Å². The highest BCUT2D eigenvalue weighted by molar-refractivity contribution is 5.85. The first-order valence-electron chi connectivity index (χ1n) is 6.95. The summed E-state index contributed by atoms with van der Waals surface area (Å²) in [6.07, 6.45) is 2.80. The lowest BCUT2D eigenvalue weighted by Crippen LogP contribution is -2.43. The summed E-state index contributed by atoms with van der Waals surface area (Å²) in [5.74, 6) is -2.82. The van der Waals surface area contributed by atoms with Gasteiger partial charge in [-0.2, -0.15) is 0 Å². The molecule has 1 fully saturated rings. The molecule has 0 aromatic carbocycles. The fourth-order valence-electron chi connectivity index (χ4n) is 2.67. The van der Waals surface area contributed by atoms with Crippen LogP contribution < -0.4 is 5.48 Å². The van der Waals surface area contributed by atoms with Gasteiger partial charge in [-0.05, 0) is 19.8 Å². The monoisotopic (exact) mass is 286 g/mol. The minimum absolute atomic E-state index is 0.000534. The van der Waals surface area contributed by atoms with Gasteiger partial charge in [-0.1, -0.05) is 12.8 Å². The Morgan fingerprint density at radius 3 is 2.30 bits per heavy atom. The van der Waals surface area contributed by atoms with Gasteiger partial charge < -0.3 is 10.0 Å². The van der Waals surface area contributed by atoms with E-state index in [4.69, 9.17) is 5.21 Å². The van der Waals surface area contributed by atoms with Crippen molar-refractivity contribution in [1.29, 1.82) is 0 Å². The fraction of sp³-hybridized carbons (Fsp3) is 0.769. The quantitative estimate of drug-likeness (QED) is 0.490. The van der Waals surface area contributed by atoms with Gasteiger partial charge in [0.1, 0.15) is 0 Å². The van der Waals surface area contributed by atoms with Crippen molar-refractivity contribution in [2.24, 2.45) is 11.8 Å². The summed E-state index contributed by atoms with van der Waals surface area (Å²) in [7, 11) is 0. The van der Waals surface area contributed by atoms with E-state index in [1.807, 2.05) is 0 Å². The molecule has 0 heterocycles. The van der Waals surface area contributed by atoms with Crippen LogP contribution in [0.4, 0.5) is 0 Å². The summed E-state index contributed by atoms with van der Waals surface area (Å²) in [6, 6.07) is 0. The highest BCUT2D eigenvalue weighted by Gasteiger charge is 2.37. The van der Waals surface area contributed by atoms with Crippen molar-refractivity contribution in [1.82, 2.24) is 10.4 Å². The van der Waals surface area contributed by atoms with Crippen molar-refractivity contribution in [2.75, 3.05) is 13.1 Å². The van der Waals surface area contributed by atoms with E-state index >= 15 is 0 Å². The van der Waals surface area contributed by atoms with Crippen molar-refractivity contribution < 1.29 is 24.7 Å². The molecule has 0 aromatic rings. The number of carbonyl (C=O) groups is 3. The van der Waals surface area contributed by atoms with Gasteiger partial charge in [0.2, 0.25) is 11.8 Å². The van der Waals surface area contributed by atoms with Crippen LogP contribution in [-0.2, 0) is 14.4 Å². The number of amides is 2. The Bertz CT molecular complexity index is 372. The van der Waals surface area contributed by atoms with Gasteiger partial charge in [0.05, 0.1) is 11.8 Å². The molecule has 3 N–H and O–H groups in total. The second-order valence-corrected chi connectivity index (χ2v) is 5.04. The number of nitrogens with zero attached hydrogens (tertiary/aromatic N) is 1. The van der Waals surface area contributed by atoms with Gasteiger partial charge >= 0.3 is 5.97 Å². The third-order valence-corrected chi connectivity index (χ3v) is 3.83. The first-order valence-corrected chi connectivity index (χ1v) is 6.95. The molecule has 0 unspecified atom stereocenters. The summed E-state index contributed by atoms with van der Waals surface area (Å²) in [6.45, 7) is 2.39. The average molecular weight is 286 g/mol. The van der Waals surface area contributed by atoms with Crippen molar-refractivity contribution in [3.05, 3.63) is 0 Å². The molecule has 20 heavy (non-hydrogen) atoms. The first-order chi connectivity index (χ1) is 9.51. The molecule has 0 saturated heterocycles. The molecule has 1 saturated carbocycles. The van der Waals surface area contributed by atoms with Crippen LogP contribution in [0.15, 0.2) is 0 Å². The lowest BCUT2D eigenvalue weighted by atomic mass is 9.78. The van der Waals surface area contributed by atoms with E-state index in [9.17, 15) is 19.5 Å². The second-order valence-electron chi connectivity index (χ2n) is 5.04. The Kier molecular flexibility index (Phi) is 6.44. The molecule has 7 nitrogen and oxygen atoms in total. The second kappa shape index (κ2) is 7.84. The number of aliphatic carboxylic acids is 1. The molecule has 1 aliphatic carbocycles. The van der Waals surface area contributed by atoms with Gasteiger partial charge in [-0.3, -0.25) is 19.6 Å². The Hall–Kier alpha value is -1.63. The number of hydrogen-bond donors (Lipinski definition) is 3. The number of nitrogens with one attached hydrogen (secondary N) is 1. The molecule has 0 aliphatic heterocycles. The van der Waals surface area contributed by atoms with Crippen molar-refractivity contribution in [3.63, 3.8) is 0 Å². The average Bonchev–Trinajstić information content (AvgIpc) is 2.47. The molecule has 7 heteroatoms. The number of carboxylic acids is 1. The summed E-state index contributed by atoms with van der Waals surface area (Å²) in [5.41, 5.74) is 1.52. The van der Waals surface area contributed by atoms with Crippen LogP contribution in [0.25, 0.3) is 0 Å². The molecule has 114 valence electrons. The van der Waals surface area contributed by atoms with Gasteiger partial charge in [0.25, 0.3) is 0 Å². The van der Waals surface area contributed by atoms with E-state index in [1.165, 1.54) is 10.4 Å². The van der Waals surface area contributed by atoms with Gasteiger partial charge in [0, 0.05) is 19.5 Å². The lowest BCUT2D eigenvalue weighted by Gasteiger charge is -2.32. The van der Waals surface area contributed by atoms with Gasteiger partial charge in [-0.25, -0.2) is 5.48 Å². The molecule has 2 amide bonds. The predicted octanol–water partition coefficient (Wildman–Crippen LogP) is 0.621. The highest BCUT2D eigenvalue weighted by Crippen LogP contribution is 2.31. The SMILES string of the molecule is CCN(CCC(=O)NO)C(=O)[C@H]1CCCC[C@H]1C(=O)O. The third-order valence-electron chi connectivity index (χ3n) is 3.83. The van der Waals surface area contributed by atoms with Crippen molar-refractivity contribution in [3.8, 4) is 0 Å². The molecule has 1 aliphatic rings. The maximum Gasteiger partial charge on any atom is 0.307 e. The summed E-state index contributed by atoms with van der Waals surface area (Å²) >= 11 is 0. The Morgan fingerprint density at radius 1 is 1.20 bits per heavy atom. The zero-order valence-corrected chi connectivity index (χ0v) is 11.7. The van der Waals surface area contributed by atoms with E-state index in [0.717, 1.165) is 12.8 Å². The van der Waals surface area contributed by atoms with E-state index in [2.05, 4.69) is 0 Å². The van der Waals surface area contributed by atoms with Crippen LogP contribution in [0.1, 0.15) is 39.0 Å². The van der Waals surface area contributed by atoms with Crippen molar-refractivity contribution >= 4 is 17.8 Å². The Labute approximate surface area is 117 Å². The predicted molar refractivity (Wildman–Crippen MR) is 69.9 cm³/mol. The van der Waals surface area contributed by atoms with E-state index < -0.39 is 23.7 Å². The molecule has 0 bridgehead atoms. The molecule has 1 rings (SSSR count). The largest absolute Gasteiger partial charge is 0.481 e. The summed E-state index contributed by atoms with van der Waals surface area (Å²) in [5, 5.41) is 17.6. The number of hydrogen-bond acceptors (Lipinski definition) is 4. The maximum atomic E-state index is 12.4. The van der Waals surface area contributed by atoms with E-state index in [1.54, 1.807) is 6.92 Å². The summed E-state index contributed by atoms with van der Waals surface area (Å²) in [4.78, 5) is 36.1. The molecule has 0 spiro atoms. The zero-order valence-electron chi connectivity index (χ0n) is 11.7. The van der Waals surface area contributed by atoms with Crippen LogP contribution in [0.5, 0.6) is 0 Å². The fourth-order valence-corrected chi connectivity index (χ4v) is 2.67. The van der Waals surface area contributed by atoms with Crippen LogP contribution in [0.3, 0.4) is 0 Å². The van der Waals surface area contributed by atoms with Crippen LogP contribution in [-0.4, -0.2) is 46.1 Å². The standard InChI is InChI=1S/C13H22N2O5/c1-2-15(8-7-11(16)14-20)12(17)9-5-3-4-6-10(9)13(18)19/h9-10,20H,2-8H2,1H3,(H,14,16)(H,18,19)/t9-,10+/m0/s1. The molecule has 0 radical (unpaired) electrons. The lowest BCUT2D eigenvalue weighted by molar-refractivity contribution is -0.152. The smallest absolute Gasteiger partial charge is 0.307 e. The zero-order chi connectivity index (χ0) is 15.1. The Morgan fingerprint density at radius 2 is 1.80 bits per heavy atom. The van der Waals surface area contributed by atoms with E-state index in [-0.39, 0.29) is 18.9 Å². The summed E-state index contributed by atoms with van der Waals surface area (Å²) < 4.78 is 0. The third kappa shape index (κ3) is 4.19. The number of carbonyl (C=O) groups excluding carboxylic acids is 2. The minimum atomic E-state index is -0.924. The highest BCUT2D eigenvalue weighted by atomic mass is 16.5. The maximum absolute atomic E-state index is 12.4. The normalized spacial score (nSPS) is 22.1. The molecule has 2 atom stereocenters. The molecular weight excluding hydrogens is 264 g/mol. The number of hydroxylamine groups is 1. The van der Waals surface area contributed by atoms with Gasteiger partial charge in [-0.15, -0.1) is 0 Å². The van der Waals surface area contributed by atoms with Gasteiger partial charge in [0.15, 0.2) is 0 Å². The molecule has 0 aromatic heterocycles. The van der Waals surface area contributed by atoms with Crippen LogP contribution >= 0.6 is 0 Å². The first kappa shape index (κ1) is 16.4. The van der Waals surface area contributed by atoms with Crippen molar-refractivity contribution in [2.45, 2.75) is 39.0 Å². The number of rotatable bonds is 6. The topological polar surface area (TPSA) is 107 Å². The van der Waals surface area contributed by atoms with E-state index in [0.29, 0.717) is 19.4 Å². The number of carboxylic acid groups (broad SMARTS) is 1. The van der Waals surface area contributed by atoms with Crippen LogP contribution in [0, 0.1) is 11.8 Å².